The summed E-state index contributed by atoms with van der Waals surface area (Å²) in [5, 5.41) is 2.86. The molecule has 1 aromatic carbocycles. The van der Waals surface area contributed by atoms with Gasteiger partial charge in [-0.05, 0) is 18.2 Å². The highest BCUT2D eigenvalue weighted by molar-refractivity contribution is 5.95. The number of hydrogen-bond acceptors (Lipinski definition) is 5. The fourth-order valence-electron chi connectivity index (χ4n) is 3.25. The number of ether oxygens (including phenoxy) is 1. The van der Waals surface area contributed by atoms with Crippen LogP contribution in [0.1, 0.15) is 11.6 Å². The molecule has 144 valence electrons. The van der Waals surface area contributed by atoms with Crippen molar-refractivity contribution in [3.05, 3.63) is 72.7 Å². The first kappa shape index (κ1) is 18.3. The second-order valence-corrected chi connectivity index (χ2v) is 6.44. The lowest BCUT2D eigenvalue weighted by Gasteiger charge is -2.33. The highest BCUT2D eigenvalue weighted by Gasteiger charge is 2.31. The SMILES string of the molecule is O=C(Nc1ccc(-n2ccnc2)nc1)C(c1ccccc1F)N1CCOCC1. The number of anilines is 1. The smallest absolute Gasteiger partial charge is 0.246 e. The van der Waals surface area contributed by atoms with Gasteiger partial charge in [0.1, 0.15) is 24.0 Å². The summed E-state index contributed by atoms with van der Waals surface area (Å²) in [4.78, 5) is 23.3. The molecular weight excluding hydrogens is 361 g/mol. The van der Waals surface area contributed by atoms with Crippen LogP contribution >= 0.6 is 0 Å². The first-order chi connectivity index (χ1) is 13.7. The normalized spacial score (nSPS) is 15.9. The van der Waals surface area contributed by atoms with Gasteiger partial charge in [-0.1, -0.05) is 18.2 Å². The highest BCUT2D eigenvalue weighted by Crippen LogP contribution is 2.26. The minimum Gasteiger partial charge on any atom is -0.379 e. The molecule has 1 atom stereocenters. The number of pyridine rings is 1. The van der Waals surface area contributed by atoms with Gasteiger partial charge in [0.05, 0.1) is 25.1 Å². The fourth-order valence-corrected chi connectivity index (χ4v) is 3.25. The topological polar surface area (TPSA) is 72.3 Å². The molecule has 1 saturated heterocycles. The number of nitrogens with one attached hydrogen (secondary N) is 1. The zero-order valence-electron chi connectivity index (χ0n) is 15.2. The van der Waals surface area contributed by atoms with Crippen LogP contribution in [0.25, 0.3) is 5.82 Å². The largest absolute Gasteiger partial charge is 0.379 e. The molecule has 7 nitrogen and oxygen atoms in total. The summed E-state index contributed by atoms with van der Waals surface area (Å²) in [6, 6.07) is 9.18. The molecule has 4 rings (SSSR count). The van der Waals surface area contributed by atoms with Crippen molar-refractivity contribution in [3.63, 3.8) is 0 Å². The lowest BCUT2D eigenvalue weighted by molar-refractivity contribution is -0.123. The van der Waals surface area contributed by atoms with E-state index in [2.05, 4.69) is 15.3 Å². The number of benzene rings is 1. The molecule has 3 aromatic rings. The van der Waals surface area contributed by atoms with Crippen molar-refractivity contribution in [3.8, 4) is 5.82 Å². The van der Waals surface area contributed by atoms with Gasteiger partial charge in [0.15, 0.2) is 0 Å². The number of carbonyl (C=O) groups is 1. The standard InChI is InChI=1S/C20H20FN5O2/c21-17-4-2-1-3-16(17)19(25-9-11-28-12-10-25)20(27)24-15-5-6-18(23-13-15)26-8-7-22-14-26/h1-8,13-14,19H,9-12H2,(H,24,27). The molecule has 0 saturated carbocycles. The zero-order valence-corrected chi connectivity index (χ0v) is 15.2. The maximum Gasteiger partial charge on any atom is 0.246 e. The summed E-state index contributed by atoms with van der Waals surface area (Å²) in [5.41, 5.74) is 0.897. The third-order valence-electron chi connectivity index (χ3n) is 4.64. The van der Waals surface area contributed by atoms with E-state index >= 15 is 0 Å². The van der Waals surface area contributed by atoms with Crippen molar-refractivity contribution in [1.82, 2.24) is 19.4 Å². The van der Waals surface area contributed by atoms with Crippen LogP contribution in [0.5, 0.6) is 0 Å². The molecule has 1 N–H and O–H groups in total. The predicted molar refractivity (Wildman–Crippen MR) is 102 cm³/mol. The van der Waals surface area contributed by atoms with Crippen LogP contribution in [0.15, 0.2) is 61.3 Å². The van der Waals surface area contributed by atoms with Crippen molar-refractivity contribution in [1.29, 1.82) is 0 Å². The highest BCUT2D eigenvalue weighted by atomic mass is 19.1. The number of hydrogen-bond donors (Lipinski definition) is 1. The van der Waals surface area contributed by atoms with E-state index in [0.29, 0.717) is 43.4 Å². The van der Waals surface area contributed by atoms with Crippen molar-refractivity contribution in [2.24, 2.45) is 0 Å². The minimum absolute atomic E-state index is 0.302. The van der Waals surface area contributed by atoms with Crippen LogP contribution < -0.4 is 5.32 Å². The summed E-state index contributed by atoms with van der Waals surface area (Å²) >= 11 is 0. The molecule has 0 aliphatic carbocycles. The molecule has 1 unspecified atom stereocenters. The van der Waals surface area contributed by atoms with E-state index < -0.39 is 11.9 Å². The maximum absolute atomic E-state index is 14.4. The molecule has 0 bridgehead atoms. The van der Waals surface area contributed by atoms with Gasteiger partial charge in [0.25, 0.3) is 0 Å². The monoisotopic (exact) mass is 381 g/mol. The van der Waals surface area contributed by atoms with E-state index in [1.54, 1.807) is 59.8 Å². The van der Waals surface area contributed by atoms with E-state index in [1.807, 2.05) is 4.90 Å². The Morgan fingerprint density at radius 1 is 1.18 bits per heavy atom. The number of aromatic nitrogens is 3. The van der Waals surface area contributed by atoms with Crippen molar-refractivity contribution < 1.29 is 13.9 Å². The number of halogens is 1. The van der Waals surface area contributed by atoms with E-state index in [1.165, 1.54) is 6.07 Å². The van der Waals surface area contributed by atoms with Crippen LogP contribution in [0.4, 0.5) is 10.1 Å². The maximum atomic E-state index is 14.4. The Balaban J connectivity index is 1.56. The Kier molecular flexibility index (Phi) is 5.41. The van der Waals surface area contributed by atoms with Crippen molar-refractivity contribution in [2.45, 2.75) is 6.04 Å². The Morgan fingerprint density at radius 2 is 2.00 bits per heavy atom. The Morgan fingerprint density at radius 3 is 2.68 bits per heavy atom. The van der Waals surface area contributed by atoms with Gasteiger partial charge in [0, 0.05) is 31.0 Å². The number of morpholine rings is 1. The number of carbonyl (C=O) groups excluding carboxylic acids is 1. The van der Waals surface area contributed by atoms with Gasteiger partial charge < -0.3 is 10.1 Å². The summed E-state index contributed by atoms with van der Waals surface area (Å²) in [5.74, 6) is -0.0127. The fraction of sp³-hybridized carbons (Fsp3) is 0.250. The summed E-state index contributed by atoms with van der Waals surface area (Å²) < 4.78 is 21.6. The predicted octanol–water partition coefficient (Wildman–Crippen LogP) is 2.42. The van der Waals surface area contributed by atoms with Crippen LogP contribution in [0.3, 0.4) is 0 Å². The third kappa shape index (κ3) is 3.92. The van der Waals surface area contributed by atoms with Gasteiger partial charge in [0.2, 0.25) is 5.91 Å². The molecular formula is C20H20FN5O2. The van der Waals surface area contributed by atoms with E-state index in [9.17, 15) is 9.18 Å². The van der Waals surface area contributed by atoms with Crippen molar-refractivity contribution in [2.75, 3.05) is 31.6 Å². The molecule has 1 aliphatic heterocycles. The average Bonchev–Trinajstić information content (AvgIpc) is 3.26. The molecule has 28 heavy (non-hydrogen) atoms. The molecule has 2 aromatic heterocycles. The lowest BCUT2D eigenvalue weighted by atomic mass is 10.0. The van der Waals surface area contributed by atoms with E-state index in [4.69, 9.17) is 4.74 Å². The summed E-state index contributed by atoms with van der Waals surface area (Å²) in [7, 11) is 0. The number of imidazole rings is 1. The van der Waals surface area contributed by atoms with Crippen LogP contribution in [-0.2, 0) is 9.53 Å². The summed E-state index contributed by atoms with van der Waals surface area (Å²) in [6.07, 6.45) is 6.67. The Bertz CT molecular complexity index is 924. The minimum atomic E-state index is -0.738. The molecule has 3 heterocycles. The van der Waals surface area contributed by atoms with Gasteiger partial charge in [-0.2, -0.15) is 0 Å². The number of amides is 1. The van der Waals surface area contributed by atoms with Gasteiger partial charge >= 0.3 is 0 Å². The van der Waals surface area contributed by atoms with Crippen LogP contribution in [-0.4, -0.2) is 51.6 Å². The molecule has 1 aliphatic rings. The van der Waals surface area contributed by atoms with Gasteiger partial charge in [-0.3, -0.25) is 14.3 Å². The second-order valence-electron chi connectivity index (χ2n) is 6.44. The average molecular weight is 381 g/mol. The lowest BCUT2D eigenvalue weighted by Crippen LogP contribution is -2.44. The summed E-state index contributed by atoms with van der Waals surface area (Å²) in [6.45, 7) is 2.15. The first-order valence-electron chi connectivity index (χ1n) is 9.04. The zero-order chi connectivity index (χ0) is 19.3. The Hall–Kier alpha value is -3.10. The number of nitrogens with zero attached hydrogens (tertiary/aromatic N) is 4. The third-order valence-corrected chi connectivity index (χ3v) is 4.64. The molecule has 1 amide bonds. The molecule has 1 fully saturated rings. The van der Waals surface area contributed by atoms with Crippen LogP contribution in [0.2, 0.25) is 0 Å². The van der Waals surface area contributed by atoms with Gasteiger partial charge in [-0.25, -0.2) is 14.4 Å². The second kappa shape index (κ2) is 8.28. The molecule has 0 spiro atoms. The van der Waals surface area contributed by atoms with E-state index in [0.717, 1.165) is 0 Å². The van der Waals surface area contributed by atoms with Crippen LogP contribution in [0, 0.1) is 5.82 Å². The molecule has 0 radical (unpaired) electrons. The Labute approximate surface area is 161 Å². The van der Waals surface area contributed by atoms with E-state index in [-0.39, 0.29) is 5.91 Å². The van der Waals surface area contributed by atoms with Crippen molar-refractivity contribution >= 4 is 11.6 Å². The molecule has 8 heteroatoms. The quantitative estimate of drug-likeness (QED) is 0.735. The number of rotatable bonds is 5. The first-order valence-corrected chi connectivity index (χ1v) is 9.04. The van der Waals surface area contributed by atoms with Gasteiger partial charge in [-0.15, -0.1) is 0 Å².